The number of rotatable bonds is 14. The minimum absolute atomic E-state index is 0.579. The van der Waals surface area contributed by atoms with Gasteiger partial charge in [0.1, 0.15) is 0 Å². The van der Waals surface area contributed by atoms with Gasteiger partial charge in [-0.1, -0.05) is 0 Å². The highest BCUT2D eigenvalue weighted by atomic mass is 16.4. The number of nitrogens with one attached hydrogen (secondary N) is 4. The van der Waals surface area contributed by atoms with Crippen LogP contribution in [0, 0.1) is 0 Å². The molecular formula is C13H25N5O8. The Bertz CT molecular complexity index is 459. The van der Waals surface area contributed by atoms with Gasteiger partial charge in [-0.2, -0.15) is 0 Å². The third-order valence-electron chi connectivity index (χ3n) is 3.67. The van der Waals surface area contributed by atoms with Crippen molar-refractivity contribution < 1.29 is 39.6 Å². The van der Waals surface area contributed by atoms with E-state index in [4.69, 9.17) is 26.2 Å². The third kappa shape index (κ3) is 8.17. The Morgan fingerprint density at radius 3 is 1.04 bits per heavy atom. The van der Waals surface area contributed by atoms with Gasteiger partial charge in [-0.3, -0.25) is 40.4 Å². The van der Waals surface area contributed by atoms with Crippen LogP contribution in [0.1, 0.15) is 13.8 Å². The molecule has 0 spiro atoms. The lowest BCUT2D eigenvalue weighted by atomic mass is 9.90. The number of hydrogen-bond acceptors (Lipinski definition) is 9. The van der Waals surface area contributed by atoms with Gasteiger partial charge in [0.05, 0.1) is 43.5 Å². The van der Waals surface area contributed by atoms with Crippen LogP contribution in [0.5, 0.6) is 0 Å². The molecule has 150 valence electrons. The van der Waals surface area contributed by atoms with Gasteiger partial charge in [0, 0.05) is 0 Å². The van der Waals surface area contributed by atoms with Crippen LogP contribution in [-0.2, 0) is 19.2 Å². The maximum Gasteiger partial charge on any atom is 0.317 e. The highest BCUT2D eigenvalue weighted by Gasteiger charge is 2.44. The zero-order chi connectivity index (χ0) is 20.5. The summed E-state index contributed by atoms with van der Waals surface area (Å²) in [5, 5.41) is 45.7. The smallest absolute Gasteiger partial charge is 0.317 e. The lowest BCUT2D eigenvalue weighted by Crippen LogP contribution is -2.79. The number of nitrogens with two attached hydrogens (primary N) is 1. The second kappa shape index (κ2) is 9.98. The molecule has 0 heterocycles. The van der Waals surface area contributed by atoms with Crippen molar-refractivity contribution in [3.63, 3.8) is 0 Å². The topological polar surface area (TPSA) is 223 Å². The van der Waals surface area contributed by atoms with Crippen LogP contribution in [0.3, 0.4) is 0 Å². The molecule has 0 aromatic heterocycles. The normalized spacial score (nSPS) is 12.2. The van der Waals surface area contributed by atoms with Crippen molar-refractivity contribution >= 4 is 23.9 Å². The summed E-state index contributed by atoms with van der Waals surface area (Å²) >= 11 is 0. The first kappa shape index (κ1) is 23.7. The van der Waals surface area contributed by atoms with Crippen molar-refractivity contribution in [2.45, 2.75) is 31.2 Å². The molecular weight excluding hydrogens is 354 g/mol. The fourth-order valence-corrected chi connectivity index (χ4v) is 2.18. The zero-order valence-electron chi connectivity index (χ0n) is 14.4. The van der Waals surface area contributed by atoms with E-state index < -0.39 is 67.4 Å². The van der Waals surface area contributed by atoms with E-state index in [0.717, 1.165) is 0 Å². The van der Waals surface area contributed by atoms with Crippen LogP contribution in [0.15, 0.2) is 0 Å². The molecule has 0 bridgehead atoms. The fourth-order valence-electron chi connectivity index (χ4n) is 2.18. The molecule has 26 heavy (non-hydrogen) atoms. The summed E-state index contributed by atoms with van der Waals surface area (Å²) in [7, 11) is 0. The van der Waals surface area contributed by atoms with E-state index in [0.29, 0.717) is 0 Å². The Kier molecular flexibility index (Phi) is 9.09. The van der Waals surface area contributed by atoms with Crippen molar-refractivity contribution in [1.82, 2.24) is 21.3 Å². The van der Waals surface area contributed by atoms with E-state index in [-0.39, 0.29) is 0 Å². The van der Waals surface area contributed by atoms with Crippen LogP contribution < -0.4 is 27.0 Å². The van der Waals surface area contributed by atoms with Gasteiger partial charge < -0.3 is 26.2 Å². The molecule has 13 heteroatoms. The maximum absolute atomic E-state index is 10.9. The van der Waals surface area contributed by atoms with Gasteiger partial charge >= 0.3 is 23.9 Å². The van der Waals surface area contributed by atoms with Gasteiger partial charge in [0.2, 0.25) is 0 Å². The summed E-state index contributed by atoms with van der Waals surface area (Å²) in [6.07, 6.45) is 0. The van der Waals surface area contributed by atoms with Crippen LogP contribution in [0.25, 0.3) is 0 Å². The van der Waals surface area contributed by atoms with E-state index in [1.165, 1.54) is 13.8 Å². The Hall–Kier alpha value is -2.32. The zero-order valence-corrected chi connectivity index (χ0v) is 14.4. The third-order valence-corrected chi connectivity index (χ3v) is 3.67. The van der Waals surface area contributed by atoms with Gasteiger partial charge in [-0.05, 0) is 13.8 Å². The molecule has 0 aromatic carbocycles. The van der Waals surface area contributed by atoms with Crippen LogP contribution >= 0.6 is 0 Å². The molecule has 0 aromatic rings. The van der Waals surface area contributed by atoms with Crippen molar-refractivity contribution in [3.05, 3.63) is 0 Å². The predicted octanol–water partition coefficient (Wildman–Crippen LogP) is -3.56. The Morgan fingerprint density at radius 1 is 0.692 bits per heavy atom. The number of carbonyl (C=O) groups is 4. The summed E-state index contributed by atoms with van der Waals surface area (Å²) in [5.41, 5.74) is 3.13. The van der Waals surface area contributed by atoms with Crippen molar-refractivity contribution in [2.75, 3.05) is 26.2 Å². The highest BCUT2D eigenvalue weighted by molar-refractivity contribution is 5.71. The lowest BCUT2D eigenvalue weighted by molar-refractivity contribution is -0.137. The molecule has 0 aliphatic carbocycles. The quantitative estimate of drug-likeness (QED) is 0.133. The molecule has 0 aliphatic heterocycles. The monoisotopic (exact) mass is 379 g/mol. The van der Waals surface area contributed by atoms with E-state index in [1.54, 1.807) is 0 Å². The minimum atomic E-state index is -1.51. The Labute approximate surface area is 148 Å². The van der Waals surface area contributed by atoms with E-state index in [2.05, 4.69) is 21.3 Å². The molecule has 0 saturated heterocycles. The highest BCUT2D eigenvalue weighted by Crippen LogP contribution is 2.16. The molecule has 0 saturated carbocycles. The second-order valence-electron chi connectivity index (χ2n) is 5.87. The van der Waals surface area contributed by atoms with Gasteiger partial charge in [-0.15, -0.1) is 0 Å². The molecule has 0 rings (SSSR count). The van der Waals surface area contributed by atoms with E-state index in [1.807, 2.05) is 0 Å². The first-order chi connectivity index (χ1) is 11.8. The van der Waals surface area contributed by atoms with Crippen LogP contribution in [0.2, 0.25) is 0 Å². The minimum Gasteiger partial charge on any atom is -0.480 e. The summed E-state index contributed by atoms with van der Waals surface area (Å²) in [6.45, 7) is 0.449. The molecule has 13 nitrogen and oxygen atoms in total. The van der Waals surface area contributed by atoms with Gasteiger partial charge in [0.15, 0.2) is 0 Å². The van der Waals surface area contributed by atoms with Crippen molar-refractivity contribution in [3.8, 4) is 0 Å². The predicted molar refractivity (Wildman–Crippen MR) is 87.3 cm³/mol. The molecule has 0 radical (unpaired) electrons. The average Bonchev–Trinajstić information content (AvgIpc) is 2.53. The van der Waals surface area contributed by atoms with Gasteiger partial charge in [0.25, 0.3) is 0 Å². The molecule has 0 unspecified atom stereocenters. The molecule has 0 atom stereocenters. The average molecular weight is 379 g/mol. The van der Waals surface area contributed by atoms with Gasteiger partial charge in [-0.25, -0.2) is 0 Å². The van der Waals surface area contributed by atoms with Crippen LogP contribution in [0.4, 0.5) is 0 Å². The Morgan fingerprint density at radius 2 is 0.885 bits per heavy atom. The number of carboxylic acid groups (broad SMARTS) is 4. The number of carboxylic acids is 4. The van der Waals surface area contributed by atoms with E-state index >= 15 is 0 Å². The summed E-state index contributed by atoms with van der Waals surface area (Å²) < 4.78 is 0. The SMILES string of the molecule is CC(NCC(=O)O)(NCC(=O)O)C(N)C(C)(NCC(=O)O)NCC(=O)O. The second-order valence-corrected chi connectivity index (χ2v) is 5.87. The van der Waals surface area contributed by atoms with Crippen molar-refractivity contribution in [1.29, 1.82) is 0 Å². The van der Waals surface area contributed by atoms with E-state index in [9.17, 15) is 19.2 Å². The molecule has 0 fully saturated rings. The summed E-state index contributed by atoms with van der Waals surface area (Å²) in [5.74, 6) is -4.95. The van der Waals surface area contributed by atoms with Crippen molar-refractivity contribution in [2.24, 2.45) is 5.73 Å². The standard InChI is InChI=1S/C13H25N5O8/c1-12(15-3-7(19)20,16-4-8(21)22)11(14)13(2,17-5-9(23)24)18-6-10(25)26/h11,15-18H,3-6,14H2,1-2H3,(H,19,20)(H,21,22)(H,23,24)(H,25,26). The summed E-state index contributed by atoms with van der Waals surface area (Å²) in [6, 6.07) is -1.20. The lowest BCUT2D eigenvalue weighted by Gasteiger charge is -2.47. The molecule has 0 aliphatic rings. The first-order valence-electron chi connectivity index (χ1n) is 7.45. The molecule has 10 N–H and O–H groups in total. The van der Waals surface area contributed by atoms with Crippen LogP contribution in [-0.4, -0.2) is 87.8 Å². The first-order valence-corrected chi connectivity index (χ1v) is 7.45. The fraction of sp³-hybridized carbons (Fsp3) is 0.692. The number of hydrogen-bond donors (Lipinski definition) is 9. The summed E-state index contributed by atoms with van der Waals surface area (Å²) in [4.78, 5) is 43.4. The maximum atomic E-state index is 10.9. The largest absolute Gasteiger partial charge is 0.480 e. The molecule has 0 amide bonds. The number of aliphatic carboxylic acids is 4. The Balaban J connectivity index is 5.61.